The second-order valence-corrected chi connectivity index (χ2v) is 14.4. The molecule has 10 nitrogen and oxygen atoms in total. The molecule has 1 aliphatic rings. The quantitative estimate of drug-likeness (QED) is 0.172. The Hall–Kier alpha value is -4.98. The predicted octanol–water partition coefficient (Wildman–Crippen LogP) is 7.26. The highest BCUT2D eigenvalue weighted by atomic mass is 35.5. The normalized spacial score (nSPS) is 15.0. The van der Waals surface area contributed by atoms with Gasteiger partial charge in [0.2, 0.25) is 11.8 Å². The smallest absolute Gasteiger partial charge is 0.408 e. The van der Waals surface area contributed by atoms with Crippen LogP contribution < -0.4 is 10.6 Å². The fraction of sp³-hybridized carbons (Fsp3) is 0.333. The number of hydrogen-bond acceptors (Lipinski definition) is 6. The largest absolute Gasteiger partial charge is 0.507 e. The predicted molar refractivity (Wildman–Crippen MR) is 199 cm³/mol. The lowest BCUT2D eigenvalue weighted by molar-refractivity contribution is -0.142. The van der Waals surface area contributed by atoms with Gasteiger partial charge in [-0.15, -0.1) is 0 Å². The molecule has 5 rings (SSSR count). The Bertz CT molecular complexity index is 1990. The molecule has 12 heteroatoms. The number of rotatable bonds is 7. The van der Waals surface area contributed by atoms with Gasteiger partial charge in [0, 0.05) is 53.1 Å². The first-order chi connectivity index (χ1) is 24.2. The molecule has 3 aromatic carbocycles. The molecule has 3 amide bonds. The number of benzene rings is 3. The standard InChI is InChI=1S/C39H41Cl2N5O5/c1-24-9-18-34(47)30(20-24)35-27(23-45(5)44-35)13-10-25-11-16-29(17-12-25)42-36(48)33-8-6-7-19-46(33)37(49)32(43-38(50)51-39(2,3)4)21-26-14-15-28(40)22-31(26)41/h9,11-12,14-18,20,22-23,32-33,47H,6-8,19,21H2,1-5H3,(H,42,48)(H,43,50)/t32-,33?/m0/s1. The van der Waals surface area contributed by atoms with Gasteiger partial charge in [-0.25, -0.2) is 4.79 Å². The summed E-state index contributed by atoms with van der Waals surface area (Å²) in [6.07, 6.45) is 3.07. The minimum atomic E-state index is -1.04. The van der Waals surface area contributed by atoms with Crippen molar-refractivity contribution in [3.63, 3.8) is 0 Å². The fourth-order valence-electron chi connectivity index (χ4n) is 5.85. The van der Waals surface area contributed by atoms with Crippen LogP contribution in [0.25, 0.3) is 11.3 Å². The van der Waals surface area contributed by atoms with Crippen LogP contribution in [0.5, 0.6) is 5.75 Å². The van der Waals surface area contributed by atoms with Crippen molar-refractivity contribution < 1.29 is 24.2 Å². The van der Waals surface area contributed by atoms with Gasteiger partial charge in [0.1, 0.15) is 29.1 Å². The Balaban J connectivity index is 1.31. The first-order valence-electron chi connectivity index (χ1n) is 16.7. The molecular formula is C39H41Cl2N5O5. The van der Waals surface area contributed by atoms with Crippen molar-refractivity contribution in [3.05, 3.63) is 99.2 Å². The summed E-state index contributed by atoms with van der Waals surface area (Å²) < 4.78 is 7.11. The van der Waals surface area contributed by atoms with E-state index < -0.39 is 29.7 Å². The van der Waals surface area contributed by atoms with Crippen molar-refractivity contribution in [2.75, 3.05) is 11.9 Å². The zero-order valence-electron chi connectivity index (χ0n) is 29.2. The third kappa shape index (κ3) is 9.84. The summed E-state index contributed by atoms with van der Waals surface area (Å²) in [6, 6.07) is 15.6. The second-order valence-electron chi connectivity index (χ2n) is 13.6. The number of alkyl carbamates (subject to hydrolysis) is 1. The Morgan fingerprint density at radius 3 is 2.49 bits per heavy atom. The number of aromatic hydroxyl groups is 1. The van der Waals surface area contributed by atoms with E-state index in [4.69, 9.17) is 27.9 Å². The number of carbonyl (C=O) groups excluding carboxylic acids is 3. The topological polar surface area (TPSA) is 126 Å². The van der Waals surface area contributed by atoms with Crippen LogP contribution in [0.3, 0.4) is 0 Å². The lowest BCUT2D eigenvalue weighted by Crippen LogP contribution is -2.57. The Morgan fingerprint density at radius 2 is 1.78 bits per heavy atom. The van der Waals surface area contributed by atoms with E-state index in [2.05, 4.69) is 27.6 Å². The Kier molecular flexibility index (Phi) is 11.6. The van der Waals surface area contributed by atoms with Crippen LogP contribution in [-0.2, 0) is 27.8 Å². The van der Waals surface area contributed by atoms with E-state index in [0.29, 0.717) is 63.1 Å². The Labute approximate surface area is 308 Å². The van der Waals surface area contributed by atoms with Gasteiger partial charge in [-0.1, -0.05) is 52.7 Å². The van der Waals surface area contributed by atoms with Crippen LogP contribution in [0.4, 0.5) is 10.5 Å². The van der Waals surface area contributed by atoms with E-state index in [9.17, 15) is 19.5 Å². The van der Waals surface area contributed by atoms with Gasteiger partial charge in [-0.3, -0.25) is 14.3 Å². The Morgan fingerprint density at radius 1 is 1.04 bits per heavy atom. The number of phenolic OH excluding ortho intramolecular Hbond substituents is 1. The minimum absolute atomic E-state index is 0.0775. The maximum Gasteiger partial charge on any atom is 0.408 e. The van der Waals surface area contributed by atoms with Crippen molar-refractivity contribution in [2.24, 2.45) is 7.05 Å². The number of phenols is 1. The number of piperidine rings is 1. The number of carbonyl (C=O) groups is 3. The van der Waals surface area contributed by atoms with Gasteiger partial charge in [0.15, 0.2) is 0 Å². The number of ether oxygens (including phenoxy) is 1. The highest BCUT2D eigenvalue weighted by Crippen LogP contribution is 2.31. The lowest BCUT2D eigenvalue weighted by Gasteiger charge is -2.37. The van der Waals surface area contributed by atoms with Crippen molar-refractivity contribution in [1.29, 1.82) is 0 Å². The fourth-order valence-corrected chi connectivity index (χ4v) is 6.33. The molecule has 266 valence electrons. The maximum absolute atomic E-state index is 14.1. The molecule has 1 aromatic heterocycles. The maximum atomic E-state index is 14.1. The molecule has 0 saturated carbocycles. The number of halogens is 2. The lowest BCUT2D eigenvalue weighted by atomic mass is 9.98. The van der Waals surface area contributed by atoms with E-state index in [1.807, 2.05) is 19.1 Å². The first kappa shape index (κ1) is 37.3. The van der Waals surface area contributed by atoms with Crippen molar-refractivity contribution in [3.8, 4) is 28.8 Å². The molecule has 51 heavy (non-hydrogen) atoms. The molecule has 0 spiro atoms. The summed E-state index contributed by atoms with van der Waals surface area (Å²) in [5, 5.41) is 21.4. The van der Waals surface area contributed by atoms with E-state index in [1.54, 1.807) is 87.2 Å². The number of aryl methyl sites for hydroxylation is 2. The molecule has 4 aromatic rings. The van der Waals surface area contributed by atoms with E-state index >= 15 is 0 Å². The molecule has 1 unspecified atom stereocenters. The minimum Gasteiger partial charge on any atom is -0.507 e. The second kappa shape index (κ2) is 15.9. The van der Waals surface area contributed by atoms with Crippen LogP contribution in [0, 0.1) is 18.8 Å². The average molecular weight is 731 g/mol. The van der Waals surface area contributed by atoms with Crippen molar-refractivity contribution in [1.82, 2.24) is 20.0 Å². The molecule has 0 aliphatic carbocycles. The van der Waals surface area contributed by atoms with Gasteiger partial charge < -0.3 is 25.4 Å². The highest BCUT2D eigenvalue weighted by Gasteiger charge is 2.37. The SMILES string of the molecule is Cc1ccc(O)c(-c2nn(C)cc2C#Cc2ccc(NC(=O)C3CCCCN3C(=O)[C@H](Cc3ccc(Cl)cc3Cl)NC(=O)OC(C)(C)C)cc2)c1. The number of likely N-dealkylation sites (tertiary alicyclic amines) is 1. The molecule has 1 saturated heterocycles. The molecule has 2 heterocycles. The third-order valence-corrected chi connectivity index (χ3v) is 8.83. The van der Waals surface area contributed by atoms with E-state index in [0.717, 1.165) is 12.0 Å². The van der Waals surface area contributed by atoms with Crippen LogP contribution in [0.15, 0.2) is 66.9 Å². The van der Waals surface area contributed by atoms with Gasteiger partial charge in [0.25, 0.3) is 0 Å². The third-order valence-electron chi connectivity index (χ3n) is 8.25. The number of hydrogen-bond donors (Lipinski definition) is 3. The molecule has 0 bridgehead atoms. The van der Waals surface area contributed by atoms with Crippen molar-refractivity contribution >= 4 is 46.8 Å². The molecular weight excluding hydrogens is 689 g/mol. The zero-order chi connectivity index (χ0) is 36.9. The van der Waals surface area contributed by atoms with Crippen LogP contribution in [0.1, 0.15) is 62.3 Å². The number of aromatic nitrogens is 2. The summed E-state index contributed by atoms with van der Waals surface area (Å²) in [6.45, 7) is 7.50. The summed E-state index contributed by atoms with van der Waals surface area (Å²) >= 11 is 12.5. The van der Waals surface area contributed by atoms with Crippen LogP contribution in [0.2, 0.25) is 10.0 Å². The van der Waals surface area contributed by atoms with Gasteiger partial charge in [0.05, 0.1) is 5.56 Å². The first-order valence-corrected chi connectivity index (χ1v) is 17.4. The monoisotopic (exact) mass is 729 g/mol. The van der Waals surface area contributed by atoms with Gasteiger partial charge in [-0.05, 0) is 101 Å². The van der Waals surface area contributed by atoms with Crippen molar-refractivity contribution in [2.45, 2.75) is 71.1 Å². The summed E-state index contributed by atoms with van der Waals surface area (Å²) in [4.78, 5) is 42.2. The van der Waals surface area contributed by atoms with E-state index in [-0.39, 0.29) is 18.1 Å². The molecule has 2 atom stereocenters. The zero-order valence-corrected chi connectivity index (χ0v) is 30.7. The number of nitrogens with zero attached hydrogens (tertiary/aromatic N) is 3. The van der Waals surface area contributed by atoms with Crippen LogP contribution >= 0.6 is 23.2 Å². The average Bonchev–Trinajstić information content (AvgIpc) is 3.45. The molecule has 1 fully saturated rings. The summed E-state index contributed by atoms with van der Waals surface area (Å²) in [7, 11) is 1.80. The molecule has 3 N–H and O–H groups in total. The van der Waals surface area contributed by atoms with Gasteiger partial charge in [-0.2, -0.15) is 5.10 Å². The summed E-state index contributed by atoms with van der Waals surface area (Å²) in [5.74, 6) is 5.68. The van der Waals surface area contributed by atoms with Gasteiger partial charge >= 0.3 is 6.09 Å². The highest BCUT2D eigenvalue weighted by molar-refractivity contribution is 6.35. The number of nitrogens with one attached hydrogen (secondary N) is 2. The number of amides is 3. The number of anilines is 1. The molecule has 1 aliphatic heterocycles. The molecule has 0 radical (unpaired) electrons. The summed E-state index contributed by atoms with van der Waals surface area (Å²) in [5.41, 5.74) is 3.94. The van der Waals surface area contributed by atoms with Crippen LogP contribution in [-0.4, -0.2) is 61.9 Å². The van der Waals surface area contributed by atoms with E-state index in [1.165, 1.54) is 4.90 Å².